The van der Waals surface area contributed by atoms with Gasteiger partial charge in [-0.05, 0) is 17.7 Å². The predicted octanol–water partition coefficient (Wildman–Crippen LogP) is 0.573. The summed E-state index contributed by atoms with van der Waals surface area (Å²) in [6.07, 6.45) is 0.592. The largest absolute Gasteiger partial charge is 0.497 e. The summed E-state index contributed by atoms with van der Waals surface area (Å²) in [6.45, 7) is -0.308. The van der Waals surface area contributed by atoms with Gasteiger partial charge >= 0.3 is 0 Å². The molecule has 0 aliphatic rings. The van der Waals surface area contributed by atoms with Crippen LogP contribution in [0.3, 0.4) is 0 Å². The highest BCUT2D eigenvalue weighted by Crippen LogP contribution is 2.20. The number of benzene rings is 1. The van der Waals surface area contributed by atoms with Crippen LogP contribution in [0.1, 0.15) is 10.6 Å². The second-order valence-electron chi connectivity index (χ2n) is 4.56. The number of nitrogens with one attached hydrogen (secondary N) is 2. The number of ether oxygens (including phenoxy) is 1. The summed E-state index contributed by atoms with van der Waals surface area (Å²) in [5, 5.41) is 14.0. The van der Waals surface area contributed by atoms with Gasteiger partial charge in [-0.1, -0.05) is 23.5 Å². The van der Waals surface area contributed by atoms with Gasteiger partial charge < -0.3 is 15.8 Å². The zero-order chi connectivity index (χ0) is 16.7. The molecule has 0 aliphatic heterocycles. The molecular weight excluding hydrogens is 354 g/mol. The fourth-order valence-corrected chi connectivity index (χ4v) is 2.54. The van der Waals surface area contributed by atoms with E-state index in [1.54, 1.807) is 7.11 Å². The van der Waals surface area contributed by atoms with Crippen LogP contribution in [0, 0.1) is 0 Å². The molecule has 1 aromatic carbocycles. The van der Waals surface area contributed by atoms with Crippen LogP contribution in [-0.4, -0.2) is 42.2 Å². The number of rotatable bonds is 7. The van der Waals surface area contributed by atoms with E-state index in [1.807, 2.05) is 24.3 Å². The number of anilines is 1. The van der Waals surface area contributed by atoms with Crippen LogP contribution < -0.4 is 21.1 Å². The van der Waals surface area contributed by atoms with Crippen molar-refractivity contribution in [3.8, 4) is 5.75 Å². The van der Waals surface area contributed by atoms with E-state index >= 15 is 0 Å². The fourth-order valence-electron chi connectivity index (χ4n) is 1.75. The zero-order valence-electron chi connectivity index (χ0n) is 12.9. The number of carbonyl (C=O) groups is 2. The molecule has 0 bridgehead atoms. The molecule has 0 saturated heterocycles. The SMILES string of the molecule is COc1cccc(Cc2nnc(NC(=O)CNC(=O)CN)s2)c1.Cl. The van der Waals surface area contributed by atoms with Crippen molar-refractivity contribution in [1.82, 2.24) is 15.5 Å². The third-order valence-electron chi connectivity index (χ3n) is 2.83. The van der Waals surface area contributed by atoms with Crippen LogP contribution >= 0.6 is 23.7 Å². The van der Waals surface area contributed by atoms with Gasteiger partial charge in [0.25, 0.3) is 0 Å². The van der Waals surface area contributed by atoms with E-state index in [0.717, 1.165) is 16.3 Å². The Kier molecular flexibility index (Phi) is 8.10. The quantitative estimate of drug-likeness (QED) is 0.654. The Hall–Kier alpha value is -2.23. The molecule has 2 amide bonds. The highest BCUT2D eigenvalue weighted by Gasteiger charge is 2.10. The van der Waals surface area contributed by atoms with Gasteiger partial charge in [0.1, 0.15) is 10.8 Å². The average Bonchev–Trinajstić information content (AvgIpc) is 2.99. The van der Waals surface area contributed by atoms with Crippen molar-refractivity contribution in [2.24, 2.45) is 5.73 Å². The Balaban J connectivity index is 0.00000288. The number of aromatic nitrogens is 2. The third kappa shape index (κ3) is 6.11. The molecule has 24 heavy (non-hydrogen) atoms. The number of hydrogen-bond donors (Lipinski definition) is 3. The minimum absolute atomic E-state index is 0. The van der Waals surface area contributed by atoms with Gasteiger partial charge in [0.2, 0.25) is 16.9 Å². The van der Waals surface area contributed by atoms with Crippen molar-refractivity contribution >= 4 is 40.7 Å². The summed E-state index contributed by atoms with van der Waals surface area (Å²) >= 11 is 1.28. The van der Waals surface area contributed by atoms with Crippen molar-refractivity contribution < 1.29 is 14.3 Å². The minimum Gasteiger partial charge on any atom is -0.497 e. The van der Waals surface area contributed by atoms with Crippen LogP contribution in [0.15, 0.2) is 24.3 Å². The Morgan fingerprint density at radius 2 is 2.08 bits per heavy atom. The number of nitrogens with zero attached hydrogens (tertiary/aromatic N) is 2. The predicted molar refractivity (Wildman–Crippen MR) is 93.7 cm³/mol. The van der Waals surface area contributed by atoms with Gasteiger partial charge in [-0.2, -0.15) is 0 Å². The molecule has 1 heterocycles. The van der Waals surface area contributed by atoms with Gasteiger partial charge in [0, 0.05) is 6.42 Å². The Morgan fingerprint density at radius 1 is 1.29 bits per heavy atom. The molecule has 10 heteroatoms. The van der Waals surface area contributed by atoms with Gasteiger partial charge in [0.05, 0.1) is 20.2 Å². The first kappa shape index (κ1) is 19.8. The lowest BCUT2D eigenvalue weighted by Gasteiger charge is -2.02. The van der Waals surface area contributed by atoms with Crippen molar-refractivity contribution in [2.45, 2.75) is 6.42 Å². The molecule has 0 unspecified atom stereocenters. The lowest BCUT2D eigenvalue weighted by Crippen LogP contribution is -2.36. The number of halogens is 1. The van der Waals surface area contributed by atoms with Gasteiger partial charge in [-0.3, -0.25) is 14.9 Å². The van der Waals surface area contributed by atoms with Crippen molar-refractivity contribution in [1.29, 1.82) is 0 Å². The maximum absolute atomic E-state index is 11.6. The average molecular weight is 372 g/mol. The molecule has 0 radical (unpaired) electrons. The van der Waals surface area contributed by atoms with Crippen molar-refractivity contribution in [3.05, 3.63) is 34.8 Å². The zero-order valence-corrected chi connectivity index (χ0v) is 14.6. The topological polar surface area (TPSA) is 119 Å². The van der Waals surface area contributed by atoms with Crippen molar-refractivity contribution in [2.75, 3.05) is 25.5 Å². The highest BCUT2D eigenvalue weighted by molar-refractivity contribution is 7.15. The molecule has 4 N–H and O–H groups in total. The second-order valence-corrected chi connectivity index (χ2v) is 5.62. The number of nitrogens with two attached hydrogens (primary N) is 1. The van der Waals surface area contributed by atoms with E-state index < -0.39 is 5.91 Å². The van der Waals surface area contributed by atoms with Crippen LogP contribution in [0.4, 0.5) is 5.13 Å². The molecule has 0 spiro atoms. The number of carbonyl (C=O) groups excluding carboxylic acids is 2. The lowest BCUT2D eigenvalue weighted by molar-refractivity contribution is -0.123. The summed E-state index contributed by atoms with van der Waals surface area (Å²) in [7, 11) is 1.61. The van der Waals surface area contributed by atoms with Crippen molar-refractivity contribution in [3.63, 3.8) is 0 Å². The Labute approximate surface area is 149 Å². The number of amides is 2. The molecule has 0 saturated carbocycles. The molecule has 0 atom stereocenters. The summed E-state index contributed by atoms with van der Waals surface area (Å²) in [5.74, 6) is 0.00296. The first-order valence-electron chi connectivity index (χ1n) is 6.82. The van der Waals surface area contributed by atoms with Crippen LogP contribution in [0.25, 0.3) is 0 Å². The second kappa shape index (κ2) is 9.81. The molecular formula is C14H18ClN5O3S. The van der Waals surface area contributed by atoms with E-state index in [9.17, 15) is 9.59 Å². The summed E-state index contributed by atoms with van der Waals surface area (Å²) in [6, 6.07) is 7.65. The summed E-state index contributed by atoms with van der Waals surface area (Å²) in [5.41, 5.74) is 6.17. The summed E-state index contributed by atoms with van der Waals surface area (Å²) < 4.78 is 5.17. The van der Waals surface area contributed by atoms with Crippen LogP contribution in [0.2, 0.25) is 0 Å². The maximum Gasteiger partial charge on any atom is 0.245 e. The lowest BCUT2D eigenvalue weighted by atomic mass is 10.1. The van der Waals surface area contributed by atoms with Gasteiger partial charge in [-0.25, -0.2) is 0 Å². The van der Waals surface area contributed by atoms with E-state index in [1.165, 1.54) is 11.3 Å². The first-order valence-corrected chi connectivity index (χ1v) is 7.64. The number of hydrogen-bond acceptors (Lipinski definition) is 7. The smallest absolute Gasteiger partial charge is 0.245 e. The molecule has 2 aromatic rings. The first-order chi connectivity index (χ1) is 11.1. The van der Waals surface area contributed by atoms with E-state index in [0.29, 0.717) is 11.6 Å². The highest BCUT2D eigenvalue weighted by atomic mass is 35.5. The number of methoxy groups -OCH3 is 1. The normalized spacial score (nSPS) is 9.75. The summed E-state index contributed by atoms with van der Waals surface area (Å²) in [4.78, 5) is 22.6. The van der Waals surface area contributed by atoms with E-state index in [-0.39, 0.29) is 31.4 Å². The molecule has 2 rings (SSSR count). The molecule has 130 valence electrons. The van der Waals surface area contributed by atoms with E-state index in [4.69, 9.17) is 10.5 Å². The molecule has 0 aliphatic carbocycles. The Bertz CT molecular complexity index is 695. The fraction of sp³-hybridized carbons (Fsp3) is 0.286. The molecule has 1 aromatic heterocycles. The molecule has 0 fully saturated rings. The minimum atomic E-state index is -0.392. The van der Waals surface area contributed by atoms with Crippen LogP contribution in [-0.2, 0) is 16.0 Å². The maximum atomic E-state index is 11.6. The van der Waals surface area contributed by atoms with E-state index in [2.05, 4.69) is 20.8 Å². The Morgan fingerprint density at radius 3 is 2.79 bits per heavy atom. The molecule has 8 nitrogen and oxygen atoms in total. The monoisotopic (exact) mass is 371 g/mol. The van der Waals surface area contributed by atoms with Crippen LogP contribution in [0.5, 0.6) is 5.75 Å². The standard InChI is InChI=1S/C14H17N5O3S.ClH/c1-22-10-4-2-3-9(5-10)6-13-18-19-14(23-13)17-12(21)8-16-11(20)7-15;/h2-5H,6-8,15H2,1H3,(H,16,20)(H,17,19,21);1H. The van der Waals surface area contributed by atoms with Gasteiger partial charge in [0.15, 0.2) is 0 Å². The van der Waals surface area contributed by atoms with Gasteiger partial charge in [-0.15, -0.1) is 22.6 Å². The third-order valence-corrected chi connectivity index (χ3v) is 3.67.